The van der Waals surface area contributed by atoms with Gasteiger partial charge in [0.2, 0.25) is 0 Å². The molecule has 4 aliphatic rings. The zero-order valence-electron chi connectivity index (χ0n) is 47.9. The molecule has 3 saturated heterocycles. The van der Waals surface area contributed by atoms with Crippen molar-refractivity contribution in [1.82, 2.24) is 4.90 Å². The van der Waals surface area contributed by atoms with Gasteiger partial charge in [-0.25, -0.2) is 0 Å². The second kappa shape index (κ2) is 28.1. The molecule has 0 radical (unpaired) electrons. The monoisotopic (exact) mass is 1100 g/mol. The molecule has 0 aliphatic carbocycles. The molecular formula is C59H89NO16Si. The van der Waals surface area contributed by atoms with Crippen molar-refractivity contribution in [3.05, 3.63) is 84.5 Å². The van der Waals surface area contributed by atoms with Gasteiger partial charge >= 0.3 is 11.9 Å². The summed E-state index contributed by atoms with van der Waals surface area (Å²) >= 11 is 0. The molecule has 77 heavy (non-hydrogen) atoms. The van der Waals surface area contributed by atoms with Gasteiger partial charge < -0.3 is 66.9 Å². The Morgan fingerprint density at radius 2 is 1.40 bits per heavy atom. The Balaban J connectivity index is 1.29. The summed E-state index contributed by atoms with van der Waals surface area (Å²) in [6.45, 7) is 19.8. The Bertz CT molecular complexity index is 2200. The van der Waals surface area contributed by atoms with Gasteiger partial charge in [0, 0.05) is 45.3 Å². The van der Waals surface area contributed by atoms with Crippen molar-refractivity contribution in [3.8, 4) is 0 Å². The van der Waals surface area contributed by atoms with Crippen LogP contribution in [-0.2, 0) is 66.2 Å². The van der Waals surface area contributed by atoms with Crippen molar-refractivity contribution in [1.29, 1.82) is 0 Å². The highest BCUT2D eigenvalue weighted by atomic mass is 28.4. The number of aliphatic hydroxyl groups is 2. The van der Waals surface area contributed by atoms with Crippen LogP contribution in [0.4, 0.5) is 0 Å². The number of ketones is 1. The molecule has 0 aromatic heterocycles. The van der Waals surface area contributed by atoms with Crippen molar-refractivity contribution in [2.45, 2.75) is 186 Å². The number of hydrogen-bond donors (Lipinski definition) is 2. The first-order valence-electron chi connectivity index (χ1n) is 27.5. The molecule has 4 aliphatic heterocycles. The van der Waals surface area contributed by atoms with E-state index in [2.05, 4.69) is 45.0 Å². The van der Waals surface area contributed by atoms with E-state index < -0.39 is 136 Å². The number of methoxy groups -OCH3 is 2. The van der Waals surface area contributed by atoms with Gasteiger partial charge in [-0.1, -0.05) is 120 Å². The fourth-order valence-corrected chi connectivity index (χ4v) is 16.5. The highest BCUT2D eigenvalue weighted by Gasteiger charge is 2.57. The topological polar surface area (TPSA) is 196 Å². The van der Waals surface area contributed by atoms with Crippen molar-refractivity contribution >= 4 is 36.4 Å². The molecule has 430 valence electrons. The van der Waals surface area contributed by atoms with E-state index in [-0.39, 0.29) is 30.3 Å². The Kier molecular flexibility index (Phi) is 22.8. The number of ether oxygens (including phenoxy) is 10. The largest absolute Gasteiger partial charge is 0.462 e. The standard InChI is InChI=1S/C59H89NO16Si/c1-15-47-42(34-70-57-56(67-14)55(66-13)53(39(6)72-57)76-77(59(8,9)10,43-22-18-16-19-23-43)44-24-20-17-21-25-44)30-35(2)26-27-45(62)36(3)31-41(32-49-68-28-29-69-49)52(37(4)46(63)33-48(64)74-47)75-58-54(73-40(7)61)50(60(11)12)51(65)38(5)71-58/h16-27,30,36-39,41-42,46-47,49-58,63,65H,15,28-29,31-34H2,1-14H3/b27-26+,35-30+/t36-,37+,38-,39-,41-,42-,46-,47-,50+,51-,52-,53-,54-,55-,56-,57-,58+/m1/s1. The van der Waals surface area contributed by atoms with Gasteiger partial charge in [0.05, 0.1) is 62.8 Å². The maximum absolute atomic E-state index is 14.2. The molecule has 18 heteroatoms. The fraction of sp³-hybridized carbons (Fsp3) is 0.678. The van der Waals surface area contributed by atoms with Crippen LogP contribution in [0.5, 0.6) is 0 Å². The summed E-state index contributed by atoms with van der Waals surface area (Å²) in [5, 5.41) is 25.4. The number of aliphatic hydroxyl groups excluding tert-OH is 2. The number of carbonyl (C=O) groups is 3. The predicted molar refractivity (Wildman–Crippen MR) is 292 cm³/mol. The summed E-state index contributed by atoms with van der Waals surface area (Å²) in [7, 11) is 3.67. The molecule has 6 rings (SSSR count). The first kappa shape index (κ1) is 62.5. The highest BCUT2D eigenvalue weighted by molar-refractivity contribution is 6.99. The Morgan fingerprint density at radius 3 is 1.95 bits per heavy atom. The third kappa shape index (κ3) is 15.2. The minimum atomic E-state index is -3.09. The van der Waals surface area contributed by atoms with Crippen LogP contribution in [0.3, 0.4) is 0 Å². The average molecular weight is 1100 g/mol. The lowest BCUT2D eigenvalue weighted by Gasteiger charge is -2.51. The third-order valence-electron chi connectivity index (χ3n) is 15.9. The van der Waals surface area contributed by atoms with E-state index in [1.165, 1.54) is 6.92 Å². The van der Waals surface area contributed by atoms with Crippen LogP contribution in [0.25, 0.3) is 0 Å². The Labute approximate surface area is 458 Å². The van der Waals surface area contributed by atoms with Crippen molar-refractivity contribution in [3.63, 3.8) is 0 Å². The van der Waals surface area contributed by atoms with Crippen LogP contribution >= 0.6 is 0 Å². The summed E-state index contributed by atoms with van der Waals surface area (Å²) < 4.78 is 70.8. The number of allylic oxidation sites excluding steroid dienone is 3. The second-order valence-electron chi connectivity index (χ2n) is 22.7. The molecule has 2 aromatic carbocycles. The summed E-state index contributed by atoms with van der Waals surface area (Å²) in [5.41, 5.74) is 0.729. The lowest BCUT2D eigenvalue weighted by molar-refractivity contribution is -0.307. The maximum atomic E-state index is 14.2. The van der Waals surface area contributed by atoms with Gasteiger partial charge in [0.25, 0.3) is 8.32 Å². The summed E-state index contributed by atoms with van der Waals surface area (Å²) in [4.78, 5) is 42.8. The van der Waals surface area contributed by atoms with Crippen LogP contribution in [0, 0.1) is 23.7 Å². The van der Waals surface area contributed by atoms with Crippen molar-refractivity contribution < 1.29 is 76.4 Å². The Morgan fingerprint density at radius 1 is 0.805 bits per heavy atom. The van der Waals surface area contributed by atoms with Gasteiger partial charge in [0.15, 0.2) is 30.8 Å². The van der Waals surface area contributed by atoms with Gasteiger partial charge in [-0.15, -0.1) is 0 Å². The first-order valence-corrected chi connectivity index (χ1v) is 29.4. The fourth-order valence-electron chi connectivity index (χ4n) is 11.8. The highest BCUT2D eigenvalue weighted by Crippen LogP contribution is 2.41. The van der Waals surface area contributed by atoms with Crippen LogP contribution in [0.15, 0.2) is 84.5 Å². The number of cyclic esters (lactones) is 1. The van der Waals surface area contributed by atoms with E-state index in [4.69, 9.17) is 51.8 Å². The summed E-state index contributed by atoms with van der Waals surface area (Å²) in [6, 6.07) is 20.0. The van der Waals surface area contributed by atoms with Gasteiger partial charge in [-0.2, -0.15) is 0 Å². The predicted octanol–water partition coefficient (Wildman–Crippen LogP) is 5.89. The molecule has 4 heterocycles. The second-order valence-corrected chi connectivity index (χ2v) is 27.0. The molecule has 17 nitrogen and oxygen atoms in total. The maximum Gasteiger partial charge on any atom is 0.308 e. The zero-order chi connectivity index (χ0) is 56.4. The number of hydrogen-bond acceptors (Lipinski definition) is 17. The zero-order valence-corrected chi connectivity index (χ0v) is 48.9. The van der Waals surface area contributed by atoms with E-state index >= 15 is 0 Å². The number of nitrogens with zero attached hydrogens (tertiary/aromatic N) is 1. The molecular weight excluding hydrogens is 1010 g/mol. The van der Waals surface area contributed by atoms with Gasteiger partial charge in [0.1, 0.15) is 24.4 Å². The molecule has 0 unspecified atom stereocenters. The minimum Gasteiger partial charge on any atom is -0.462 e. The minimum absolute atomic E-state index is 0.0169. The Hall–Kier alpha value is -3.73. The van der Waals surface area contributed by atoms with Crippen LogP contribution in [0.1, 0.15) is 94.9 Å². The number of rotatable bonds is 16. The number of esters is 2. The number of likely N-dealkylation sites (N-methyl/N-ethyl adjacent to an activating group) is 1. The van der Waals surface area contributed by atoms with E-state index in [0.29, 0.717) is 19.6 Å². The first-order chi connectivity index (χ1) is 36.5. The number of carbonyl (C=O) groups excluding carboxylic acids is 3. The summed E-state index contributed by atoms with van der Waals surface area (Å²) in [6.07, 6.45) is -5.37. The van der Waals surface area contributed by atoms with E-state index in [9.17, 15) is 24.6 Å². The average Bonchev–Trinajstić information content (AvgIpc) is 3.96. The van der Waals surface area contributed by atoms with E-state index in [0.717, 1.165) is 15.9 Å². The van der Waals surface area contributed by atoms with Crippen LogP contribution in [0.2, 0.25) is 5.04 Å². The molecule has 17 atom stereocenters. The van der Waals surface area contributed by atoms with Gasteiger partial charge in [-0.3, -0.25) is 14.4 Å². The van der Waals surface area contributed by atoms with E-state index in [1.807, 2.05) is 70.2 Å². The molecule has 2 N–H and O–H groups in total. The SMILES string of the molecule is CC[C@H]1OC(=O)C[C@@H](O)[C@H](C)[C@@H](O[C@@H]2O[C@H](C)[C@@H](O)[C@H](N(C)C)[C@H]2OC(C)=O)[C@@H](CC2OCCO2)C[C@@H](C)C(=O)/C=C/C(C)=C/[C@@H]1CO[C@@H]1O[C@H](C)[C@@H](O[Si](c2ccccc2)(c2ccccc2)C(C)(C)C)[C@@H](OC)[C@H]1OC. The molecule has 0 spiro atoms. The molecule has 3 fully saturated rings. The smallest absolute Gasteiger partial charge is 0.308 e. The molecule has 0 bridgehead atoms. The quantitative estimate of drug-likeness (QED) is 0.149. The molecule has 2 aromatic rings. The van der Waals surface area contributed by atoms with Crippen molar-refractivity contribution in [2.75, 3.05) is 48.1 Å². The lowest BCUT2D eigenvalue weighted by atomic mass is 9.79. The lowest BCUT2D eigenvalue weighted by Crippen LogP contribution is -2.71. The third-order valence-corrected chi connectivity index (χ3v) is 20.9. The van der Waals surface area contributed by atoms with E-state index in [1.54, 1.807) is 59.2 Å². The summed E-state index contributed by atoms with van der Waals surface area (Å²) in [5.74, 6) is -3.81. The van der Waals surface area contributed by atoms with Crippen LogP contribution in [-0.4, -0.2) is 175 Å². The van der Waals surface area contributed by atoms with Crippen LogP contribution < -0.4 is 10.4 Å². The van der Waals surface area contributed by atoms with Gasteiger partial charge in [-0.05, 0) is 75.1 Å². The van der Waals surface area contributed by atoms with Crippen molar-refractivity contribution in [2.24, 2.45) is 23.7 Å². The normalized spacial score (nSPS) is 35.8. The molecule has 0 saturated carbocycles. The number of benzene rings is 2. The molecule has 0 amide bonds.